The minimum Gasteiger partial charge on any atom is -0.497 e. The monoisotopic (exact) mass is 368 g/mol. The van der Waals surface area contributed by atoms with Crippen LogP contribution in [0.3, 0.4) is 0 Å². The molecular weight excluding hydrogens is 340 g/mol. The number of rotatable bonds is 9. The summed E-state index contributed by atoms with van der Waals surface area (Å²) in [6, 6.07) is 15.4. The molecule has 1 atom stereocenters. The molecule has 144 valence electrons. The molecule has 2 aromatic carbocycles. The van der Waals surface area contributed by atoms with Crippen molar-refractivity contribution in [2.24, 2.45) is 0 Å². The van der Waals surface area contributed by atoms with Crippen molar-refractivity contribution in [2.45, 2.75) is 19.4 Å². The number of hydrogen-bond donors (Lipinski definition) is 1. The number of ether oxygens (including phenoxy) is 2. The zero-order chi connectivity index (χ0) is 19.6. The third-order valence-corrected chi connectivity index (χ3v) is 4.40. The van der Waals surface area contributed by atoms with E-state index in [9.17, 15) is 4.79 Å². The lowest BCUT2D eigenvalue weighted by Crippen LogP contribution is -2.42. The molecule has 0 saturated heterocycles. The van der Waals surface area contributed by atoms with Gasteiger partial charge in [0.15, 0.2) is 0 Å². The first-order valence-electron chi connectivity index (χ1n) is 9.01. The Morgan fingerprint density at radius 3 is 2.56 bits per heavy atom. The summed E-state index contributed by atoms with van der Waals surface area (Å²) >= 11 is 0. The largest absolute Gasteiger partial charge is 0.497 e. The van der Waals surface area contributed by atoms with Crippen molar-refractivity contribution in [1.29, 1.82) is 0 Å². The van der Waals surface area contributed by atoms with E-state index in [1.165, 1.54) is 5.56 Å². The van der Waals surface area contributed by atoms with E-state index in [-0.39, 0.29) is 12.1 Å². The number of benzene rings is 2. The molecule has 0 radical (unpaired) electrons. The molecule has 0 heterocycles. The van der Waals surface area contributed by atoms with Crippen LogP contribution in [0.2, 0.25) is 0 Å². The fourth-order valence-corrected chi connectivity index (χ4v) is 2.87. The highest BCUT2D eigenvalue weighted by Gasteiger charge is 2.18. The van der Waals surface area contributed by atoms with E-state index in [1.807, 2.05) is 43.3 Å². The maximum absolute atomic E-state index is 12.8. The van der Waals surface area contributed by atoms with Crippen molar-refractivity contribution < 1.29 is 14.3 Å². The van der Waals surface area contributed by atoms with Crippen LogP contribution >= 0.6 is 0 Å². The maximum Gasteiger partial charge on any atom is 0.318 e. The van der Waals surface area contributed by atoms with Crippen molar-refractivity contribution in [3.8, 4) is 11.5 Å². The van der Waals surface area contributed by atoms with E-state index < -0.39 is 0 Å². The SMILES string of the molecule is C=CCN(CCc1ccccc1)C(=O)NC(C)c1ccc(OC)cc1OC. The fourth-order valence-electron chi connectivity index (χ4n) is 2.87. The summed E-state index contributed by atoms with van der Waals surface area (Å²) in [6.45, 7) is 6.81. The van der Waals surface area contributed by atoms with E-state index in [1.54, 1.807) is 25.2 Å². The highest BCUT2D eigenvalue weighted by molar-refractivity contribution is 5.75. The second-order valence-corrected chi connectivity index (χ2v) is 6.25. The molecule has 0 spiro atoms. The topological polar surface area (TPSA) is 50.8 Å². The Kier molecular flexibility index (Phi) is 7.74. The van der Waals surface area contributed by atoms with Crippen LogP contribution in [-0.4, -0.2) is 38.2 Å². The minimum absolute atomic E-state index is 0.129. The molecule has 0 aliphatic carbocycles. The van der Waals surface area contributed by atoms with Gasteiger partial charge in [0.25, 0.3) is 0 Å². The Morgan fingerprint density at radius 2 is 1.93 bits per heavy atom. The van der Waals surface area contributed by atoms with Crippen LogP contribution in [0.15, 0.2) is 61.2 Å². The van der Waals surface area contributed by atoms with E-state index in [2.05, 4.69) is 24.0 Å². The molecule has 2 aromatic rings. The molecule has 1 unspecified atom stereocenters. The Bertz CT molecular complexity index is 746. The van der Waals surface area contributed by atoms with Gasteiger partial charge in [0.1, 0.15) is 11.5 Å². The van der Waals surface area contributed by atoms with Gasteiger partial charge < -0.3 is 19.7 Å². The Balaban J connectivity index is 2.04. The van der Waals surface area contributed by atoms with Gasteiger partial charge in [-0.3, -0.25) is 0 Å². The molecule has 2 amide bonds. The van der Waals surface area contributed by atoms with Gasteiger partial charge in [0.05, 0.1) is 20.3 Å². The quantitative estimate of drug-likeness (QED) is 0.675. The average molecular weight is 368 g/mol. The zero-order valence-electron chi connectivity index (χ0n) is 16.3. The Labute approximate surface area is 161 Å². The summed E-state index contributed by atoms with van der Waals surface area (Å²) in [5.74, 6) is 1.40. The third-order valence-electron chi connectivity index (χ3n) is 4.40. The summed E-state index contributed by atoms with van der Waals surface area (Å²) in [5.41, 5.74) is 2.09. The normalized spacial score (nSPS) is 11.4. The van der Waals surface area contributed by atoms with Gasteiger partial charge in [-0.25, -0.2) is 4.79 Å². The molecule has 0 fully saturated rings. The lowest BCUT2D eigenvalue weighted by molar-refractivity contribution is 0.200. The van der Waals surface area contributed by atoms with E-state index in [4.69, 9.17) is 9.47 Å². The standard InChI is InChI=1S/C22H28N2O3/c1-5-14-24(15-13-18-9-7-6-8-10-18)22(25)23-17(2)20-12-11-19(26-3)16-21(20)27-4/h5-12,16-17H,1,13-15H2,2-4H3,(H,23,25). The van der Waals surface area contributed by atoms with Gasteiger partial charge in [0, 0.05) is 24.7 Å². The summed E-state index contributed by atoms with van der Waals surface area (Å²) in [4.78, 5) is 14.5. The summed E-state index contributed by atoms with van der Waals surface area (Å²) in [6.07, 6.45) is 2.53. The maximum atomic E-state index is 12.8. The van der Waals surface area contributed by atoms with Crippen molar-refractivity contribution in [3.05, 3.63) is 72.3 Å². The average Bonchev–Trinajstić information content (AvgIpc) is 2.71. The van der Waals surface area contributed by atoms with Crippen molar-refractivity contribution in [3.63, 3.8) is 0 Å². The lowest BCUT2D eigenvalue weighted by Gasteiger charge is -2.25. The number of carbonyl (C=O) groups excluding carboxylic acids is 1. The van der Waals surface area contributed by atoms with Gasteiger partial charge in [-0.15, -0.1) is 6.58 Å². The summed E-state index contributed by atoms with van der Waals surface area (Å²) < 4.78 is 10.7. The summed E-state index contributed by atoms with van der Waals surface area (Å²) in [5, 5.41) is 3.05. The molecule has 27 heavy (non-hydrogen) atoms. The molecule has 5 nitrogen and oxygen atoms in total. The Morgan fingerprint density at radius 1 is 1.19 bits per heavy atom. The predicted molar refractivity (Wildman–Crippen MR) is 108 cm³/mol. The first-order valence-corrected chi connectivity index (χ1v) is 9.01. The number of amides is 2. The number of urea groups is 1. The van der Waals surface area contributed by atoms with Crippen LogP contribution in [0, 0.1) is 0 Å². The van der Waals surface area contributed by atoms with E-state index >= 15 is 0 Å². The highest BCUT2D eigenvalue weighted by Crippen LogP contribution is 2.29. The minimum atomic E-state index is -0.206. The van der Waals surface area contributed by atoms with Gasteiger partial charge >= 0.3 is 6.03 Å². The number of hydrogen-bond acceptors (Lipinski definition) is 3. The smallest absolute Gasteiger partial charge is 0.318 e. The van der Waals surface area contributed by atoms with Gasteiger partial charge in [-0.2, -0.15) is 0 Å². The van der Waals surface area contributed by atoms with Crippen molar-refractivity contribution in [1.82, 2.24) is 10.2 Å². The fraction of sp³-hybridized carbons (Fsp3) is 0.318. The molecular formula is C22H28N2O3. The third kappa shape index (κ3) is 5.78. The number of nitrogens with zero attached hydrogens (tertiary/aromatic N) is 1. The molecule has 0 bridgehead atoms. The summed E-state index contributed by atoms with van der Waals surface area (Å²) in [7, 11) is 3.22. The van der Waals surface area contributed by atoms with Gasteiger partial charge in [-0.05, 0) is 31.0 Å². The second-order valence-electron chi connectivity index (χ2n) is 6.25. The molecule has 0 saturated carbocycles. The van der Waals surface area contributed by atoms with Crippen molar-refractivity contribution in [2.75, 3.05) is 27.3 Å². The van der Waals surface area contributed by atoms with Crippen LogP contribution in [0.5, 0.6) is 11.5 Å². The molecule has 2 rings (SSSR count). The van der Waals surface area contributed by atoms with Crippen LogP contribution < -0.4 is 14.8 Å². The van der Waals surface area contributed by atoms with E-state index in [0.29, 0.717) is 24.6 Å². The van der Waals surface area contributed by atoms with Crippen LogP contribution in [0.25, 0.3) is 0 Å². The van der Waals surface area contributed by atoms with Crippen LogP contribution in [0.4, 0.5) is 4.79 Å². The van der Waals surface area contributed by atoms with Gasteiger partial charge in [-0.1, -0.05) is 36.4 Å². The van der Waals surface area contributed by atoms with Crippen molar-refractivity contribution >= 4 is 6.03 Å². The first-order chi connectivity index (χ1) is 13.1. The molecule has 5 heteroatoms. The number of carbonyl (C=O) groups is 1. The highest BCUT2D eigenvalue weighted by atomic mass is 16.5. The lowest BCUT2D eigenvalue weighted by atomic mass is 10.1. The zero-order valence-corrected chi connectivity index (χ0v) is 16.3. The van der Waals surface area contributed by atoms with Crippen LogP contribution in [0.1, 0.15) is 24.1 Å². The first kappa shape index (κ1) is 20.4. The van der Waals surface area contributed by atoms with Crippen LogP contribution in [-0.2, 0) is 6.42 Å². The molecule has 0 aliphatic heterocycles. The molecule has 0 aromatic heterocycles. The second kappa shape index (κ2) is 10.3. The molecule has 0 aliphatic rings. The number of methoxy groups -OCH3 is 2. The van der Waals surface area contributed by atoms with Gasteiger partial charge in [0.2, 0.25) is 0 Å². The number of nitrogens with one attached hydrogen (secondary N) is 1. The predicted octanol–water partition coefficient (Wildman–Crippen LogP) is 4.21. The Hall–Kier alpha value is -2.95. The molecule has 1 N–H and O–H groups in total. The van der Waals surface area contributed by atoms with E-state index in [0.717, 1.165) is 12.0 Å².